The number of nitrogen functional groups attached to an aromatic ring is 1. The normalized spacial score (nSPS) is 10.2. The van der Waals surface area contributed by atoms with Gasteiger partial charge >= 0.3 is 0 Å². The molecular weight excluding hydrogens is 258 g/mol. The van der Waals surface area contributed by atoms with Crippen LogP contribution in [0.25, 0.3) is 0 Å². The number of nitrogens with two attached hydrogens (primary N) is 2. The Morgan fingerprint density at radius 3 is 2.26 bits per heavy atom. The Balaban J connectivity index is 1.94. The molecule has 2 aromatic carbocycles. The number of nitrogens with one attached hydrogen (secondary N) is 1. The third-order valence-corrected chi connectivity index (χ3v) is 3.23. The molecule has 2 aromatic rings. The summed E-state index contributed by atoms with van der Waals surface area (Å²) in [6, 6.07) is 14.6. The van der Waals surface area contributed by atoms with Crippen LogP contribution in [0.5, 0.6) is 0 Å². The summed E-state index contributed by atoms with van der Waals surface area (Å²) in [5.74, 6) is -0.114. The van der Waals surface area contributed by atoms with Crippen LogP contribution in [0.1, 0.15) is 15.9 Å². The summed E-state index contributed by atoms with van der Waals surface area (Å²) in [6.45, 7) is 0.485. The van der Waals surface area contributed by atoms with Crippen molar-refractivity contribution in [3.63, 3.8) is 0 Å². The number of amides is 1. The van der Waals surface area contributed by atoms with Crippen LogP contribution in [0.4, 0.5) is 5.69 Å². The zero-order valence-electron chi connectivity index (χ0n) is 10.3. The Kier molecular flexibility index (Phi) is 4.43. The molecule has 0 heterocycles. The van der Waals surface area contributed by atoms with E-state index in [0.717, 1.165) is 10.5 Å². The fourth-order valence-corrected chi connectivity index (χ4v) is 1.90. The van der Waals surface area contributed by atoms with E-state index in [1.807, 2.05) is 24.3 Å². The lowest BCUT2D eigenvalue weighted by molar-refractivity contribution is 0.0951. The van der Waals surface area contributed by atoms with E-state index >= 15 is 0 Å². The fourth-order valence-electron chi connectivity index (χ4n) is 1.60. The molecule has 0 radical (unpaired) electrons. The predicted octanol–water partition coefficient (Wildman–Crippen LogP) is 2.16. The van der Waals surface area contributed by atoms with Crippen molar-refractivity contribution in [3.05, 3.63) is 59.7 Å². The van der Waals surface area contributed by atoms with Gasteiger partial charge < -0.3 is 11.1 Å². The fraction of sp³-hybridized carbons (Fsp3) is 0.0714. The molecule has 2 rings (SSSR count). The number of carbonyl (C=O) groups excluding carboxylic acids is 1. The van der Waals surface area contributed by atoms with Gasteiger partial charge in [0.2, 0.25) is 0 Å². The van der Waals surface area contributed by atoms with E-state index in [-0.39, 0.29) is 5.91 Å². The van der Waals surface area contributed by atoms with Gasteiger partial charge in [0.15, 0.2) is 0 Å². The highest BCUT2D eigenvalue weighted by molar-refractivity contribution is 7.97. The summed E-state index contributed by atoms with van der Waals surface area (Å²) in [6.07, 6.45) is 0. The van der Waals surface area contributed by atoms with Crippen molar-refractivity contribution in [2.24, 2.45) is 5.14 Å². The van der Waals surface area contributed by atoms with Crippen LogP contribution in [-0.2, 0) is 6.54 Å². The smallest absolute Gasteiger partial charge is 0.251 e. The molecule has 0 aliphatic carbocycles. The first-order valence-electron chi connectivity index (χ1n) is 5.78. The Morgan fingerprint density at radius 1 is 1.05 bits per heavy atom. The van der Waals surface area contributed by atoms with Gasteiger partial charge in [0.05, 0.1) is 0 Å². The largest absolute Gasteiger partial charge is 0.399 e. The molecule has 0 aliphatic rings. The highest BCUT2D eigenvalue weighted by Crippen LogP contribution is 2.12. The third kappa shape index (κ3) is 3.74. The second-order valence-corrected chi connectivity index (χ2v) is 4.77. The van der Waals surface area contributed by atoms with Crippen LogP contribution in [0.2, 0.25) is 0 Å². The van der Waals surface area contributed by atoms with E-state index in [9.17, 15) is 4.79 Å². The molecule has 4 nitrogen and oxygen atoms in total. The topological polar surface area (TPSA) is 81.1 Å². The first-order chi connectivity index (χ1) is 9.19. The molecule has 0 bridgehead atoms. The van der Waals surface area contributed by atoms with E-state index in [4.69, 9.17) is 10.9 Å². The van der Waals surface area contributed by atoms with Gasteiger partial charge in [0.25, 0.3) is 5.91 Å². The number of carbonyl (C=O) groups is 1. The first kappa shape index (κ1) is 13.5. The zero-order valence-corrected chi connectivity index (χ0v) is 11.1. The van der Waals surface area contributed by atoms with Gasteiger partial charge in [-0.3, -0.25) is 9.93 Å². The Labute approximate surface area is 116 Å². The lowest BCUT2D eigenvalue weighted by Gasteiger charge is -2.06. The highest BCUT2D eigenvalue weighted by Gasteiger charge is 2.04. The summed E-state index contributed by atoms with van der Waals surface area (Å²) < 4.78 is 0. The van der Waals surface area contributed by atoms with E-state index in [1.165, 1.54) is 11.9 Å². The average Bonchev–Trinajstić information content (AvgIpc) is 2.46. The monoisotopic (exact) mass is 273 g/mol. The standard InChI is InChI=1S/C14H15N3OS/c15-12-5-3-11(4-6-12)14(18)17-9-10-1-7-13(19-16)8-2-10/h1-8H,9,15-16H2,(H,17,18). The molecule has 0 atom stereocenters. The van der Waals surface area contributed by atoms with E-state index in [2.05, 4.69) is 5.32 Å². The maximum atomic E-state index is 11.9. The number of benzene rings is 2. The molecule has 98 valence electrons. The van der Waals surface area contributed by atoms with Crippen molar-refractivity contribution in [1.29, 1.82) is 0 Å². The number of rotatable bonds is 4. The summed E-state index contributed by atoms with van der Waals surface area (Å²) in [4.78, 5) is 12.9. The molecule has 1 amide bonds. The molecule has 5 N–H and O–H groups in total. The second kappa shape index (κ2) is 6.26. The van der Waals surface area contributed by atoms with Crippen molar-refractivity contribution >= 4 is 23.5 Å². The van der Waals surface area contributed by atoms with Crippen molar-refractivity contribution in [2.45, 2.75) is 11.4 Å². The van der Waals surface area contributed by atoms with Gasteiger partial charge in [-0.25, -0.2) is 0 Å². The molecule has 0 saturated heterocycles. The summed E-state index contributed by atoms with van der Waals surface area (Å²) in [5.41, 5.74) is 7.85. The van der Waals surface area contributed by atoms with Gasteiger partial charge in [0, 0.05) is 22.7 Å². The zero-order chi connectivity index (χ0) is 13.7. The molecule has 0 saturated carbocycles. The maximum Gasteiger partial charge on any atom is 0.251 e. The van der Waals surface area contributed by atoms with Crippen molar-refractivity contribution < 1.29 is 4.79 Å². The van der Waals surface area contributed by atoms with Gasteiger partial charge in [-0.1, -0.05) is 12.1 Å². The van der Waals surface area contributed by atoms with Crippen LogP contribution < -0.4 is 16.2 Å². The first-order valence-corrected chi connectivity index (χ1v) is 6.66. The summed E-state index contributed by atoms with van der Waals surface area (Å²) in [7, 11) is 0. The predicted molar refractivity (Wildman–Crippen MR) is 78.5 cm³/mol. The van der Waals surface area contributed by atoms with Crippen LogP contribution >= 0.6 is 11.9 Å². The molecule has 5 heteroatoms. The van der Waals surface area contributed by atoms with Gasteiger partial charge in [-0.15, -0.1) is 0 Å². The van der Waals surface area contributed by atoms with Gasteiger partial charge in [-0.2, -0.15) is 0 Å². The molecule has 0 aliphatic heterocycles. The lowest BCUT2D eigenvalue weighted by Crippen LogP contribution is -2.22. The minimum absolute atomic E-state index is 0.114. The number of hydrogen-bond acceptors (Lipinski definition) is 4. The van der Waals surface area contributed by atoms with E-state index in [0.29, 0.717) is 17.8 Å². The molecule has 0 unspecified atom stereocenters. The Morgan fingerprint density at radius 2 is 1.68 bits per heavy atom. The maximum absolute atomic E-state index is 11.9. The Bertz CT molecular complexity index is 552. The van der Waals surface area contributed by atoms with Crippen molar-refractivity contribution in [1.82, 2.24) is 5.32 Å². The molecular formula is C14H15N3OS. The van der Waals surface area contributed by atoms with Gasteiger partial charge in [0.1, 0.15) is 0 Å². The van der Waals surface area contributed by atoms with E-state index < -0.39 is 0 Å². The average molecular weight is 273 g/mol. The third-order valence-electron chi connectivity index (χ3n) is 2.69. The molecule has 0 aromatic heterocycles. The summed E-state index contributed by atoms with van der Waals surface area (Å²) >= 11 is 1.20. The highest BCUT2D eigenvalue weighted by atomic mass is 32.2. The van der Waals surface area contributed by atoms with Gasteiger partial charge in [-0.05, 0) is 53.9 Å². The minimum Gasteiger partial charge on any atom is -0.399 e. The second-order valence-electron chi connectivity index (χ2n) is 4.07. The minimum atomic E-state index is -0.114. The molecule has 0 spiro atoms. The SMILES string of the molecule is NSc1ccc(CNC(=O)c2ccc(N)cc2)cc1. The number of anilines is 1. The molecule has 0 fully saturated rings. The van der Waals surface area contributed by atoms with Crippen molar-refractivity contribution in [2.75, 3.05) is 5.73 Å². The number of hydrogen-bond donors (Lipinski definition) is 3. The molecule has 19 heavy (non-hydrogen) atoms. The van der Waals surface area contributed by atoms with Crippen LogP contribution in [0.15, 0.2) is 53.4 Å². The van der Waals surface area contributed by atoms with Crippen LogP contribution in [0, 0.1) is 0 Å². The lowest BCUT2D eigenvalue weighted by atomic mass is 10.2. The van der Waals surface area contributed by atoms with Crippen LogP contribution in [0.3, 0.4) is 0 Å². The quantitative estimate of drug-likeness (QED) is 0.589. The Hall–Kier alpha value is -1.98. The van der Waals surface area contributed by atoms with Crippen LogP contribution in [-0.4, -0.2) is 5.91 Å². The van der Waals surface area contributed by atoms with Crippen molar-refractivity contribution in [3.8, 4) is 0 Å². The van der Waals surface area contributed by atoms with E-state index in [1.54, 1.807) is 24.3 Å². The summed E-state index contributed by atoms with van der Waals surface area (Å²) in [5, 5.41) is 8.30.